The van der Waals surface area contributed by atoms with E-state index in [1.807, 2.05) is 4.57 Å². The first-order valence-corrected chi connectivity index (χ1v) is 6.40. The summed E-state index contributed by atoms with van der Waals surface area (Å²) in [5, 5.41) is 3.28. The number of nitrogens with zero attached hydrogens (tertiary/aromatic N) is 2. The summed E-state index contributed by atoms with van der Waals surface area (Å²) < 4.78 is 2.31. The van der Waals surface area contributed by atoms with Gasteiger partial charge in [0.2, 0.25) is 0 Å². The summed E-state index contributed by atoms with van der Waals surface area (Å²) in [6, 6.07) is 0.390. The molecule has 2 rings (SSSR count). The molecule has 0 bridgehead atoms. The summed E-state index contributed by atoms with van der Waals surface area (Å²) in [6.45, 7) is 9.89. The van der Waals surface area contributed by atoms with Crippen molar-refractivity contribution in [3.05, 3.63) is 33.3 Å². The van der Waals surface area contributed by atoms with Crippen LogP contribution in [0.15, 0.2) is 17.4 Å². The molecule has 0 saturated carbocycles. The Hall–Kier alpha value is -1.40. The molecule has 2 N–H and O–H groups in total. The van der Waals surface area contributed by atoms with Crippen molar-refractivity contribution in [2.75, 3.05) is 12.0 Å². The zero-order valence-electron chi connectivity index (χ0n) is 10.7. The quantitative estimate of drug-likeness (QED) is 0.645. The summed E-state index contributed by atoms with van der Waals surface area (Å²) in [7, 11) is 0. The summed E-state index contributed by atoms with van der Waals surface area (Å²) in [5.41, 5.74) is 0.638. The van der Waals surface area contributed by atoms with Gasteiger partial charge in [0.05, 0.1) is 12.2 Å². The van der Waals surface area contributed by atoms with E-state index < -0.39 is 0 Å². The van der Waals surface area contributed by atoms with Crippen molar-refractivity contribution in [3.63, 3.8) is 0 Å². The lowest BCUT2D eigenvalue weighted by Crippen LogP contribution is -2.42. The van der Waals surface area contributed by atoms with Crippen LogP contribution in [0.2, 0.25) is 0 Å². The second kappa shape index (κ2) is 5.07. The minimum Gasteiger partial charge on any atom is -0.358 e. The summed E-state index contributed by atoms with van der Waals surface area (Å²) in [6.07, 6.45) is 1.77. The first-order chi connectivity index (χ1) is 8.54. The first kappa shape index (κ1) is 13.0. The Morgan fingerprint density at radius 1 is 1.56 bits per heavy atom. The van der Waals surface area contributed by atoms with Gasteiger partial charge in [-0.05, 0) is 26.1 Å². The van der Waals surface area contributed by atoms with E-state index in [2.05, 4.69) is 35.6 Å². The summed E-state index contributed by atoms with van der Waals surface area (Å²) in [4.78, 5) is 16.9. The summed E-state index contributed by atoms with van der Waals surface area (Å²) >= 11 is 5.18. The molecule has 6 heteroatoms. The molecule has 1 aliphatic heterocycles. The van der Waals surface area contributed by atoms with Crippen LogP contribution in [0.1, 0.15) is 19.4 Å². The van der Waals surface area contributed by atoms with E-state index in [1.165, 1.54) is 0 Å². The van der Waals surface area contributed by atoms with Crippen molar-refractivity contribution >= 4 is 18.0 Å². The van der Waals surface area contributed by atoms with Crippen LogP contribution in [-0.4, -0.2) is 27.2 Å². The minimum atomic E-state index is -0.104. The summed E-state index contributed by atoms with van der Waals surface area (Å²) in [5.74, 6) is 0.820. The smallest absolute Gasteiger partial charge is 0.258 e. The van der Waals surface area contributed by atoms with Crippen molar-refractivity contribution in [1.29, 1.82) is 0 Å². The van der Waals surface area contributed by atoms with Gasteiger partial charge in [-0.15, -0.1) is 6.58 Å². The van der Waals surface area contributed by atoms with Crippen LogP contribution in [-0.2, 0) is 13.1 Å². The fraction of sp³-hybridized carbons (Fsp3) is 0.500. The van der Waals surface area contributed by atoms with Gasteiger partial charge in [-0.1, -0.05) is 6.08 Å². The molecule has 0 spiro atoms. The monoisotopic (exact) mass is 266 g/mol. The Kier molecular flexibility index (Phi) is 3.68. The molecular weight excluding hydrogens is 248 g/mol. The van der Waals surface area contributed by atoms with Crippen LogP contribution >= 0.6 is 12.2 Å². The number of allylic oxidation sites excluding steroid dienone is 1. The molecular formula is C12H18N4OS. The van der Waals surface area contributed by atoms with E-state index in [9.17, 15) is 4.79 Å². The zero-order chi connectivity index (χ0) is 13.3. The van der Waals surface area contributed by atoms with Crippen molar-refractivity contribution in [1.82, 2.24) is 14.5 Å². The van der Waals surface area contributed by atoms with E-state index in [1.54, 1.807) is 6.08 Å². The molecule has 18 heavy (non-hydrogen) atoms. The lowest BCUT2D eigenvalue weighted by molar-refractivity contribution is 0.218. The number of aromatic nitrogens is 2. The first-order valence-electron chi connectivity index (χ1n) is 5.99. The SMILES string of the molecule is C=CCn1c2c(c(=O)[nH]c1=S)CN(C(C)C)CN2. The van der Waals surface area contributed by atoms with Crippen molar-refractivity contribution in [2.45, 2.75) is 33.0 Å². The number of H-pyrrole nitrogens is 1. The molecule has 1 aliphatic rings. The third kappa shape index (κ3) is 2.26. The van der Waals surface area contributed by atoms with E-state index >= 15 is 0 Å². The van der Waals surface area contributed by atoms with Gasteiger partial charge in [-0.3, -0.25) is 14.7 Å². The molecule has 98 valence electrons. The molecule has 0 aliphatic carbocycles. The fourth-order valence-electron chi connectivity index (χ4n) is 2.06. The predicted molar refractivity (Wildman–Crippen MR) is 75.3 cm³/mol. The maximum atomic E-state index is 12.0. The lowest BCUT2D eigenvalue weighted by Gasteiger charge is -2.33. The number of hydrogen-bond acceptors (Lipinski definition) is 4. The molecule has 2 heterocycles. The number of hydrogen-bond donors (Lipinski definition) is 2. The largest absolute Gasteiger partial charge is 0.358 e. The second-order valence-electron chi connectivity index (χ2n) is 4.66. The van der Waals surface area contributed by atoms with Crippen molar-refractivity contribution in [2.24, 2.45) is 0 Å². The molecule has 1 aromatic heterocycles. The predicted octanol–water partition coefficient (Wildman–Crippen LogP) is 1.69. The number of anilines is 1. The van der Waals surface area contributed by atoms with Gasteiger partial charge >= 0.3 is 0 Å². The van der Waals surface area contributed by atoms with E-state index in [-0.39, 0.29) is 5.56 Å². The molecule has 0 fully saturated rings. The minimum absolute atomic E-state index is 0.104. The van der Waals surface area contributed by atoms with Gasteiger partial charge in [-0.2, -0.15) is 0 Å². The van der Waals surface area contributed by atoms with Crippen LogP contribution in [0.3, 0.4) is 0 Å². The molecule has 5 nitrogen and oxygen atoms in total. The van der Waals surface area contributed by atoms with Crippen LogP contribution in [0.4, 0.5) is 5.82 Å². The highest BCUT2D eigenvalue weighted by Gasteiger charge is 2.22. The topological polar surface area (TPSA) is 53.1 Å². The molecule has 0 radical (unpaired) electrons. The molecule has 0 saturated heterocycles. The lowest BCUT2D eigenvalue weighted by atomic mass is 10.2. The van der Waals surface area contributed by atoms with Crippen molar-refractivity contribution in [3.8, 4) is 0 Å². The highest BCUT2D eigenvalue weighted by atomic mass is 32.1. The Labute approximate surface area is 111 Å². The average molecular weight is 266 g/mol. The second-order valence-corrected chi connectivity index (χ2v) is 5.05. The van der Waals surface area contributed by atoms with Gasteiger partial charge in [0.25, 0.3) is 5.56 Å². The van der Waals surface area contributed by atoms with Crippen LogP contribution in [0.25, 0.3) is 0 Å². The van der Waals surface area contributed by atoms with Gasteiger partial charge in [0.1, 0.15) is 5.82 Å². The van der Waals surface area contributed by atoms with Crippen molar-refractivity contribution < 1.29 is 0 Å². The highest BCUT2D eigenvalue weighted by Crippen LogP contribution is 2.20. The molecule has 0 amide bonds. The Morgan fingerprint density at radius 3 is 2.89 bits per heavy atom. The van der Waals surface area contributed by atoms with E-state index in [0.717, 1.165) is 18.1 Å². The number of nitrogens with one attached hydrogen (secondary N) is 2. The van der Waals surface area contributed by atoms with Crippen LogP contribution < -0.4 is 10.9 Å². The average Bonchev–Trinajstić information content (AvgIpc) is 2.33. The maximum Gasteiger partial charge on any atom is 0.258 e. The normalized spacial score (nSPS) is 15.3. The van der Waals surface area contributed by atoms with Crippen LogP contribution in [0.5, 0.6) is 0 Å². The molecule has 0 atom stereocenters. The van der Waals surface area contributed by atoms with E-state index in [0.29, 0.717) is 23.9 Å². The highest BCUT2D eigenvalue weighted by molar-refractivity contribution is 7.71. The zero-order valence-corrected chi connectivity index (χ0v) is 11.5. The number of aromatic amines is 1. The maximum absolute atomic E-state index is 12.0. The van der Waals surface area contributed by atoms with E-state index in [4.69, 9.17) is 12.2 Å². The van der Waals surface area contributed by atoms with Gasteiger partial charge in [0.15, 0.2) is 4.77 Å². The van der Waals surface area contributed by atoms with Gasteiger partial charge < -0.3 is 9.88 Å². The fourth-order valence-corrected chi connectivity index (χ4v) is 2.32. The third-order valence-electron chi connectivity index (χ3n) is 3.15. The van der Waals surface area contributed by atoms with Crippen LogP contribution in [0, 0.1) is 4.77 Å². The standard InChI is InChI=1S/C12H18N4OS/c1-4-5-16-10-9(11(17)14-12(16)18)6-15(7-13-10)8(2)3/h4,8,13H,1,5-7H2,2-3H3,(H,14,17,18). The Bertz CT molecular complexity index is 572. The number of rotatable bonds is 3. The van der Waals surface area contributed by atoms with Gasteiger partial charge in [-0.25, -0.2) is 0 Å². The molecule has 1 aromatic rings. The molecule has 0 unspecified atom stereocenters. The van der Waals surface area contributed by atoms with Gasteiger partial charge in [0, 0.05) is 19.1 Å². The number of fused-ring (bicyclic) bond motifs is 1. The molecule has 0 aromatic carbocycles. The Balaban J connectivity index is 2.52. The Morgan fingerprint density at radius 2 is 2.28 bits per heavy atom. The third-order valence-corrected chi connectivity index (χ3v) is 3.47.